The van der Waals surface area contributed by atoms with Crippen molar-refractivity contribution in [2.45, 2.75) is 55.1 Å². The maximum Gasteiger partial charge on any atom is 0.342 e. The van der Waals surface area contributed by atoms with E-state index in [9.17, 15) is 40.2 Å². The van der Waals surface area contributed by atoms with E-state index < -0.39 is 86.1 Å². The van der Waals surface area contributed by atoms with Crippen LogP contribution in [0.25, 0.3) is 0 Å². The lowest BCUT2D eigenvalue weighted by atomic mass is 9.88. The number of carbonyl (C=O) groups excluding carboxylic acids is 1. The second-order valence-electron chi connectivity index (χ2n) is 8.85. The van der Waals surface area contributed by atoms with Crippen molar-refractivity contribution in [3.8, 4) is 5.75 Å². The van der Waals surface area contributed by atoms with Crippen molar-refractivity contribution in [3.63, 3.8) is 0 Å². The van der Waals surface area contributed by atoms with Gasteiger partial charge in [-0.05, 0) is 25.2 Å². The monoisotopic (exact) mass is 532 g/mol. The first-order valence-corrected chi connectivity index (χ1v) is 11.4. The van der Waals surface area contributed by atoms with Gasteiger partial charge < -0.3 is 65.7 Å². The van der Waals surface area contributed by atoms with Crippen LogP contribution in [0, 0.1) is 5.92 Å². The Morgan fingerprint density at radius 3 is 2.32 bits per heavy atom. The number of ether oxygens (including phenoxy) is 4. The van der Waals surface area contributed by atoms with Gasteiger partial charge in [0.05, 0.1) is 25.4 Å². The third kappa shape index (κ3) is 6.46. The predicted molar refractivity (Wildman–Crippen MR) is 121 cm³/mol. The Balaban J connectivity index is 1.66. The average Bonchev–Trinajstić information content (AvgIpc) is 2.85. The molecule has 1 aromatic carbocycles. The molecule has 10 N–H and O–H groups in total. The fourth-order valence-corrected chi connectivity index (χ4v) is 4.27. The molecule has 15 heteroatoms. The van der Waals surface area contributed by atoms with E-state index in [0.29, 0.717) is 0 Å². The van der Waals surface area contributed by atoms with Crippen LogP contribution < -0.4 is 11.1 Å². The minimum Gasteiger partial charge on any atom is -0.507 e. The SMILES string of the molecule is CNC1[C@H](O)OC(COC(=O)c2cc(N)ccc2O)[C@@H](COC[C@@H]2OC(C(=O)O)[C@@H](O)[C@@H](O)C2O)[C@H]1O. The van der Waals surface area contributed by atoms with Crippen molar-refractivity contribution >= 4 is 17.6 Å². The van der Waals surface area contributed by atoms with Crippen molar-refractivity contribution in [1.29, 1.82) is 0 Å². The third-order valence-corrected chi connectivity index (χ3v) is 6.41. The van der Waals surface area contributed by atoms with Crippen LogP contribution in [0.2, 0.25) is 0 Å². The molecule has 2 aliphatic heterocycles. The lowest BCUT2D eigenvalue weighted by Gasteiger charge is -2.43. The van der Waals surface area contributed by atoms with Crippen molar-refractivity contribution < 1.29 is 64.3 Å². The molecule has 208 valence electrons. The maximum absolute atomic E-state index is 12.5. The zero-order valence-corrected chi connectivity index (χ0v) is 19.8. The number of aliphatic hydroxyl groups excluding tert-OH is 5. The van der Waals surface area contributed by atoms with E-state index in [4.69, 9.17) is 29.8 Å². The number of nitrogens with one attached hydrogen (secondary N) is 1. The quantitative estimate of drug-likeness (QED) is 0.0845. The van der Waals surface area contributed by atoms with Gasteiger partial charge in [-0.15, -0.1) is 0 Å². The number of rotatable bonds is 9. The number of phenolic OH excluding ortho intramolecular Hbond substituents is 1. The van der Waals surface area contributed by atoms with Gasteiger partial charge in [0.25, 0.3) is 0 Å². The molecule has 1 aromatic rings. The Hall–Kier alpha value is -2.60. The third-order valence-electron chi connectivity index (χ3n) is 6.41. The molecular formula is C22H32N2O13. The van der Waals surface area contributed by atoms with E-state index in [1.165, 1.54) is 25.2 Å². The maximum atomic E-state index is 12.5. The van der Waals surface area contributed by atoms with Crippen LogP contribution >= 0.6 is 0 Å². The molecule has 2 heterocycles. The van der Waals surface area contributed by atoms with Gasteiger partial charge in [0.15, 0.2) is 12.4 Å². The number of aliphatic carboxylic acids is 1. The highest BCUT2D eigenvalue weighted by atomic mass is 16.6. The van der Waals surface area contributed by atoms with Crippen LogP contribution in [0.3, 0.4) is 0 Å². The largest absolute Gasteiger partial charge is 0.507 e. The standard InChI is InChI=1S/C22H32N2O13/c1-24-14-15(26)10(5-34-6-13-16(27)17(28)18(29)19(36-13)20(30)31)12(37-22(14)33)7-35-21(32)9-4-8(23)2-3-11(9)25/h2-4,10,12-19,22,24-29,33H,5-7,23H2,1H3,(H,30,31)/t10-,12?,13+,14?,15-,16?,17+,18+,19?,22-/m1/s1. The van der Waals surface area contributed by atoms with Gasteiger partial charge in [0.1, 0.15) is 48.4 Å². The number of carboxylic acid groups (broad SMARTS) is 1. The van der Waals surface area contributed by atoms with Gasteiger partial charge in [0.2, 0.25) is 0 Å². The molecule has 37 heavy (non-hydrogen) atoms. The molecule has 0 spiro atoms. The molecule has 0 amide bonds. The number of nitrogens with two attached hydrogens (primary N) is 1. The van der Waals surface area contributed by atoms with Gasteiger partial charge >= 0.3 is 11.9 Å². The Morgan fingerprint density at radius 1 is 0.973 bits per heavy atom. The molecule has 0 bridgehead atoms. The number of carboxylic acids is 1. The Bertz CT molecular complexity index is 949. The number of carbonyl (C=O) groups is 2. The zero-order chi connectivity index (χ0) is 27.4. The van der Waals surface area contributed by atoms with Crippen molar-refractivity contribution in [2.75, 3.05) is 32.6 Å². The summed E-state index contributed by atoms with van der Waals surface area (Å²) in [4.78, 5) is 23.7. The second-order valence-corrected chi connectivity index (χ2v) is 8.85. The molecule has 2 aliphatic rings. The van der Waals surface area contributed by atoms with Gasteiger partial charge in [-0.1, -0.05) is 0 Å². The lowest BCUT2D eigenvalue weighted by Crippen LogP contribution is -2.62. The summed E-state index contributed by atoms with van der Waals surface area (Å²) in [6, 6.07) is 2.88. The van der Waals surface area contributed by atoms with Crippen LogP contribution in [0.4, 0.5) is 5.69 Å². The van der Waals surface area contributed by atoms with Gasteiger partial charge in [-0.2, -0.15) is 0 Å². The predicted octanol–water partition coefficient (Wildman–Crippen LogP) is -3.64. The number of phenols is 1. The van der Waals surface area contributed by atoms with Crippen molar-refractivity contribution in [2.24, 2.45) is 5.92 Å². The number of hydrogen-bond acceptors (Lipinski definition) is 14. The van der Waals surface area contributed by atoms with Gasteiger partial charge in [-0.25, -0.2) is 9.59 Å². The highest BCUT2D eigenvalue weighted by Crippen LogP contribution is 2.28. The summed E-state index contributed by atoms with van der Waals surface area (Å²) >= 11 is 0. The molecule has 2 saturated heterocycles. The van der Waals surface area contributed by atoms with Crippen LogP contribution in [0.1, 0.15) is 10.4 Å². The summed E-state index contributed by atoms with van der Waals surface area (Å²) < 4.78 is 21.4. The van der Waals surface area contributed by atoms with E-state index in [-0.39, 0.29) is 23.6 Å². The lowest BCUT2D eigenvalue weighted by molar-refractivity contribution is -0.253. The topological polar surface area (TPSA) is 251 Å². The summed E-state index contributed by atoms with van der Waals surface area (Å²) in [7, 11) is 1.48. The Labute approximate surface area is 210 Å². The molecule has 0 aliphatic carbocycles. The molecule has 0 saturated carbocycles. The summed E-state index contributed by atoms with van der Waals surface area (Å²) in [6.07, 6.45) is -12.3. The Morgan fingerprint density at radius 2 is 1.68 bits per heavy atom. The van der Waals surface area contributed by atoms with E-state index in [0.717, 1.165) is 0 Å². The normalized spacial score (nSPS) is 36.2. The molecule has 4 unspecified atom stereocenters. The Kier molecular flexibility index (Phi) is 9.63. The summed E-state index contributed by atoms with van der Waals surface area (Å²) in [6.45, 7) is -1.19. The van der Waals surface area contributed by atoms with E-state index in [1.807, 2.05) is 0 Å². The van der Waals surface area contributed by atoms with Crippen molar-refractivity contribution in [1.82, 2.24) is 5.32 Å². The fourth-order valence-electron chi connectivity index (χ4n) is 4.27. The molecule has 10 atom stereocenters. The number of benzene rings is 1. The number of hydrogen-bond donors (Lipinski definition) is 9. The van der Waals surface area contributed by atoms with E-state index in [1.54, 1.807) is 0 Å². The number of aromatic hydroxyl groups is 1. The van der Waals surface area contributed by atoms with Crippen LogP contribution in [-0.2, 0) is 23.7 Å². The van der Waals surface area contributed by atoms with Crippen LogP contribution in [0.5, 0.6) is 5.75 Å². The van der Waals surface area contributed by atoms with Gasteiger partial charge in [-0.3, -0.25) is 0 Å². The molecule has 2 fully saturated rings. The van der Waals surface area contributed by atoms with E-state index >= 15 is 0 Å². The van der Waals surface area contributed by atoms with Crippen LogP contribution in [-0.4, -0.2) is 130 Å². The molecule has 0 aromatic heterocycles. The highest BCUT2D eigenvalue weighted by Gasteiger charge is 2.48. The number of likely N-dealkylation sites (N-methyl/N-ethyl adjacent to an activating group) is 1. The molecule has 0 radical (unpaired) electrons. The molecular weight excluding hydrogens is 500 g/mol. The fraction of sp³-hybridized carbons (Fsp3) is 0.636. The summed E-state index contributed by atoms with van der Waals surface area (Å²) in [5, 5.41) is 72.7. The summed E-state index contributed by atoms with van der Waals surface area (Å²) in [5.41, 5.74) is 5.65. The molecule has 15 nitrogen and oxygen atoms in total. The minimum absolute atomic E-state index is 0.199. The first-order chi connectivity index (χ1) is 17.5. The zero-order valence-electron chi connectivity index (χ0n) is 19.8. The minimum atomic E-state index is -1.85. The number of aliphatic hydroxyl groups is 5. The van der Waals surface area contributed by atoms with Crippen molar-refractivity contribution in [3.05, 3.63) is 23.8 Å². The average molecular weight is 532 g/mol. The highest BCUT2D eigenvalue weighted by molar-refractivity contribution is 5.93. The first kappa shape index (κ1) is 29.0. The van der Waals surface area contributed by atoms with E-state index in [2.05, 4.69) is 5.32 Å². The number of nitrogen functional groups attached to an aromatic ring is 1. The first-order valence-electron chi connectivity index (χ1n) is 11.4. The second kappa shape index (κ2) is 12.3. The van der Waals surface area contributed by atoms with Crippen LogP contribution in [0.15, 0.2) is 18.2 Å². The smallest absolute Gasteiger partial charge is 0.342 e. The number of anilines is 1. The van der Waals surface area contributed by atoms with Gasteiger partial charge in [0, 0.05) is 11.6 Å². The summed E-state index contributed by atoms with van der Waals surface area (Å²) in [5.74, 6) is -3.75. The number of esters is 1. The molecule has 3 rings (SSSR count).